The van der Waals surface area contributed by atoms with Crippen LogP contribution in [0, 0.1) is 27.7 Å². The smallest absolute Gasteiger partial charge is 0.243 e. The van der Waals surface area contributed by atoms with Crippen LogP contribution in [0.15, 0.2) is 35.2 Å². The Kier molecular flexibility index (Phi) is 5.60. The van der Waals surface area contributed by atoms with Crippen LogP contribution in [0.4, 0.5) is 0 Å². The van der Waals surface area contributed by atoms with Gasteiger partial charge in [-0.2, -0.15) is 4.31 Å². The van der Waals surface area contributed by atoms with Gasteiger partial charge in [0.15, 0.2) is 0 Å². The lowest BCUT2D eigenvalue weighted by molar-refractivity contribution is -0.917. The molecule has 1 fully saturated rings. The Hall–Kier alpha value is -1.89. The molecule has 0 aliphatic carbocycles. The van der Waals surface area contributed by atoms with Gasteiger partial charge in [0.1, 0.15) is 12.3 Å². The van der Waals surface area contributed by atoms with Crippen molar-refractivity contribution in [1.82, 2.24) is 4.31 Å². The maximum atomic E-state index is 12.9. The number of quaternary nitrogens is 1. The zero-order valence-corrected chi connectivity index (χ0v) is 17.4. The van der Waals surface area contributed by atoms with Crippen LogP contribution in [-0.4, -0.2) is 44.0 Å². The number of phenolic OH excluding ortho intramolecular Hbond substituents is 1. The second-order valence-corrected chi connectivity index (χ2v) is 9.58. The average Bonchev–Trinajstić information content (AvgIpc) is 2.62. The number of benzene rings is 2. The fourth-order valence-electron chi connectivity index (χ4n) is 3.51. The van der Waals surface area contributed by atoms with Crippen molar-refractivity contribution in [3.8, 4) is 5.75 Å². The fraction of sp³-hybridized carbons (Fsp3) is 0.429. The topological polar surface area (TPSA) is 62.0 Å². The molecule has 1 aliphatic heterocycles. The van der Waals surface area contributed by atoms with Crippen molar-refractivity contribution in [1.29, 1.82) is 0 Å². The summed E-state index contributed by atoms with van der Waals surface area (Å²) in [7, 11) is -3.45. The number of hydrogen-bond acceptors (Lipinski definition) is 3. The molecule has 2 aromatic carbocycles. The summed E-state index contributed by atoms with van der Waals surface area (Å²) in [4.78, 5) is 1.67. The third-order valence-electron chi connectivity index (χ3n) is 5.68. The van der Waals surface area contributed by atoms with Gasteiger partial charge in [0.25, 0.3) is 0 Å². The molecule has 0 spiro atoms. The lowest BCUT2D eigenvalue weighted by Crippen LogP contribution is -3.13. The SMILES string of the molecule is Cc1ccc(S(=O)(=O)N2CC[NH+](Cc3cc(C)c(C)cc3O)CC2)cc1C. The molecule has 0 aromatic heterocycles. The molecular formula is C21H29N2O3S+. The van der Waals surface area contributed by atoms with Gasteiger partial charge in [-0.25, -0.2) is 8.42 Å². The average molecular weight is 390 g/mol. The molecular weight excluding hydrogens is 360 g/mol. The zero-order chi connectivity index (χ0) is 19.8. The van der Waals surface area contributed by atoms with Gasteiger partial charge in [-0.05, 0) is 74.2 Å². The van der Waals surface area contributed by atoms with Gasteiger partial charge in [0.2, 0.25) is 10.0 Å². The number of nitrogens with zero attached hydrogens (tertiary/aromatic N) is 1. The van der Waals surface area contributed by atoms with Crippen LogP contribution in [0.3, 0.4) is 0 Å². The maximum absolute atomic E-state index is 12.9. The van der Waals surface area contributed by atoms with Gasteiger partial charge < -0.3 is 10.0 Å². The van der Waals surface area contributed by atoms with Crippen LogP contribution in [0.1, 0.15) is 27.8 Å². The number of nitrogens with one attached hydrogen (secondary N) is 1. The molecule has 0 amide bonds. The van der Waals surface area contributed by atoms with Crippen molar-refractivity contribution < 1.29 is 18.4 Å². The van der Waals surface area contributed by atoms with Crippen molar-refractivity contribution >= 4 is 10.0 Å². The molecule has 0 saturated carbocycles. The number of hydrogen-bond donors (Lipinski definition) is 2. The first-order valence-electron chi connectivity index (χ1n) is 9.38. The molecule has 0 unspecified atom stereocenters. The normalized spacial score (nSPS) is 16.6. The van der Waals surface area contributed by atoms with Gasteiger partial charge in [0.05, 0.1) is 31.1 Å². The summed E-state index contributed by atoms with van der Waals surface area (Å²) in [6, 6.07) is 9.17. The Morgan fingerprint density at radius 1 is 0.926 bits per heavy atom. The number of aryl methyl sites for hydroxylation is 4. The highest BCUT2D eigenvalue weighted by Crippen LogP contribution is 2.22. The van der Waals surface area contributed by atoms with Crippen molar-refractivity contribution in [2.45, 2.75) is 39.1 Å². The molecule has 27 heavy (non-hydrogen) atoms. The van der Waals surface area contributed by atoms with E-state index in [2.05, 4.69) is 0 Å². The van der Waals surface area contributed by atoms with Gasteiger partial charge >= 0.3 is 0 Å². The van der Waals surface area contributed by atoms with Crippen molar-refractivity contribution in [2.75, 3.05) is 26.2 Å². The predicted octanol–water partition coefficient (Wildman–Crippen LogP) is 1.72. The highest BCUT2D eigenvalue weighted by molar-refractivity contribution is 7.89. The van der Waals surface area contributed by atoms with Gasteiger partial charge in [-0.3, -0.25) is 0 Å². The minimum atomic E-state index is -3.45. The summed E-state index contributed by atoms with van der Waals surface area (Å²) in [5.41, 5.74) is 5.26. The van der Waals surface area contributed by atoms with Crippen molar-refractivity contribution in [3.05, 3.63) is 58.1 Å². The number of rotatable bonds is 4. The van der Waals surface area contributed by atoms with Crippen molar-refractivity contribution in [2.24, 2.45) is 0 Å². The van der Waals surface area contributed by atoms with Crippen LogP contribution in [0.5, 0.6) is 5.75 Å². The Morgan fingerprint density at radius 2 is 1.52 bits per heavy atom. The van der Waals surface area contributed by atoms with Crippen molar-refractivity contribution in [3.63, 3.8) is 0 Å². The lowest BCUT2D eigenvalue weighted by atomic mass is 10.0. The van der Waals surface area contributed by atoms with E-state index in [-0.39, 0.29) is 0 Å². The third-order valence-corrected chi connectivity index (χ3v) is 7.58. The molecule has 1 aliphatic rings. The van der Waals surface area contributed by atoms with Crippen LogP contribution in [0.2, 0.25) is 0 Å². The van der Waals surface area contributed by atoms with Gasteiger partial charge in [0, 0.05) is 5.56 Å². The molecule has 0 atom stereocenters. The van der Waals surface area contributed by atoms with Crippen LogP contribution < -0.4 is 4.90 Å². The largest absolute Gasteiger partial charge is 0.507 e. The quantitative estimate of drug-likeness (QED) is 0.837. The molecule has 3 rings (SSSR count). The molecule has 1 heterocycles. The highest BCUT2D eigenvalue weighted by atomic mass is 32.2. The van der Waals surface area contributed by atoms with E-state index in [1.807, 2.05) is 45.9 Å². The Bertz CT molecular complexity index is 946. The maximum Gasteiger partial charge on any atom is 0.243 e. The van der Waals surface area contributed by atoms with Gasteiger partial charge in [-0.1, -0.05) is 6.07 Å². The predicted molar refractivity (Wildman–Crippen MR) is 107 cm³/mol. The van der Waals surface area contributed by atoms with Crippen LogP contribution in [-0.2, 0) is 16.6 Å². The van der Waals surface area contributed by atoms with E-state index in [1.54, 1.807) is 16.4 Å². The van der Waals surface area contributed by atoms with E-state index < -0.39 is 10.0 Å². The molecule has 2 N–H and O–H groups in total. The summed E-state index contributed by atoms with van der Waals surface area (Å²) in [5, 5.41) is 10.2. The Morgan fingerprint density at radius 3 is 2.15 bits per heavy atom. The molecule has 2 aromatic rings. The summed E-state index contributed by atoms with van der Waals surface area (Å²) in [5.74, 6) is 0.329. The Balaban J connectivity index is 1.68. The second kappa shape index (κ2) is 7.62. The van der Waals surface area contributed by atoms with Crippen LogP contribution in [0.25, 0.3) is 0 Å². The molecule has 146 valence electrons. The zero-order valence-electron chi connectivity index (χ0n) is 16.5. The fourth-order valence-corrected chi connectivity index (χ4v) is 5.04. The number of piperazine rings is 1. The first-order valence-corrected chi connectivity index (χ1v) is 10.8. The van der Waals surface area contributed by atoms with E-state index in [4.69, 9.17) is 0 Å². The molecule has 1 saturated heterocycles. The summed E-state index contributed by atoms with van der Waals surface area (Å²) in [6.07, 6.45) is 0. The third kappa shape index (κ3) is 4.18. The van der Waals surface area contributed by atoms with E-state index in [1.165, 1.54) is 4.90 Å². The molecule has 0 radical (unpaired) electrons. The molecule has 6 heteroatoms. The standard InChI is InChI=1S/C21H28N2O3S/c1-15-5-6-20(12-17(15)3)27(25,26)23-9-7-22(8-10-23)14-19-11-16(2)18(4)13-21(19)24/h5-6,11-13,24H,7-10,14H2,1-4H3/p+1. The lowest BCUT2D eigenvalue weighted by Gasteiger charge is -2.31. The first-order chi connectivity index (χ1) is 12.7. The second-order valence-electron chi connectivity index (χ2n) is 7.64. The van der Waals surface area contributed by atoms with E-state index in [0.29, 0.717) is 30.3 Å². The monoisotopic (exact) mass is 389 g/mol. The first kappa shape index (κ1) is 19.9. The van der Waals surface area contributed by atoms with E-state index in [9.17, 15) is 13.5 Å². The summed E-state index contributed by atoms with van der Waals surface area (Å²) >= 11 is 0. The highest BCUT2D eigenvalue weighted by Gasteiger charge is 2.30. The Labute approximate surface area is 162 Å². The number of aromatic hydroxyl groups is 1. The molecule has 0 bridgehead atoms. The van der Waals surface area contributed by atoms with Crippen LogP contribution >= 0.6 is 0 Å². The summed E-state index contributed by atoms with van der Waals surface area (Å²) < 4.78 is 27.4. The number of phenols is 1. The van der Waals surface area contributed by atoms with E-state index >= 15 is 0 Å². The minimum Gasteiger partial charge on any atom is -0.507 e. The van der Waals surface area contributed by atoms with Gasteiger partial charge in [-0.15, -0.1) is 0 Å². The minimum absolute atomic E-state index is 0.329. The summed E-state index contributed by atoms with van der Waals surface area (Å²) in [6.45, 7) is 11.1. The molecule has 5 nitrogen and oxygen atoms in total. The number of sulfonamides is 1. The van der Waals surface area contributed by atoms with E-state index in [0.717, 1.165) is 40.9 Å².